The van der Waals surface area contributed by atoms with Gasteiger partial charge >= 0.3 is 0 Å². The third-order valence-corrected chi connectivity index (χ3v) is 4.14. The minimum absolute atomic E-state index is 0.112. The molecule has 2 aromatic carbocycles. The van der Waals surface area contributed by atoms with Crippen LogP contribution in [0.1, 0.15) is 32.6 Å². The number of ketones is 1. The van der Waals surface area contributed by atoms with Crippen LogP contribution in [0.5, 0.6) is 0 Å². The zero-order chi connectivity index (χ0) is 13.3. The van der Waals surface area contributed by atoms with E-state index in [9.17, 15) is 4.79 Å². The molecule has 0 atom stereocenters. The van der Waals surface area contributed by atoms with Crippen molar-refractivity contribution < 1.29 is 4.79 Å². The highest BCUT2D eigenvalue weighted by molar-refractivity contribution is 14.1. The van der Waals surface area contributed by atoms with E-state index in [4.69, 9.17) is 0 Å². The minimum atomic E-state index is 0.112. The van der Waals surface area contributed by atoms with Gasteiger partial charge in [-0.2, -0.15) is 0 Å². The summed E-state index contributed by atoms with van der Waals surface area (Å²) in [6.07, 6.45) is 0. The lowest BCUT2D eigenvalue weighted by molar-refractivity contribution is 0.103. The second-order valence-electron chi connectivity index (χ2n) is 4.56. The Bertz CT molecular complexity index is 614. The lowest BCUT2D eigenvalue weighted by atomic mass is 9.95. The van der Waals surface area contributed by atoms with Gasteiger partial charge in [0, 0.05) is 14.7 Å². The largest absolute Gasteiger partial charge is 0.289 e. The van der Waals surface area contributed by atoms with Gasteiger partial charge in [0.05, 0.1) is 0 Å². The normalized spacial score (nSPS) is 10.4. The molecule has 2 heteroatoms. The van der Waals surface area contributed by atoms with Gasteiger partial charge in [-0.05, 0) is 78.3 Å². The molecule has 1 nitrogen and oxygen atoms in total. The zero-order valence-corrected chi connectivity index (χ0v) is 12.9. The molecule has 0 radical (unpaired) electrons. The summed E-state index contributed by atoms with van der Waals surface area (Å²) in [5.41, 5.74) is 5.02. The Morgan fingerprint density at radius 2 is 1.50 bits per heavy atom. The number of rotatable bonds is 2. The first-order chi connectivity index (χ1) is 8.50. The Balaban J connectivity index is 2.53. The van der Waals surface area contributed by atoms with E-state index in [1.807, 2.05) is 44.2 Å². The zero-order valence-electron chi connectivity index (χ0n) is 10.8. The van der Waals surface area contributed by atoms with Crippen LogP contribution in [0, 0.1) is 24.3 Å². The molecule has 92 valence electrons. The Morgan fingerprint density at radius 3 is 2.17 bits per heavy atom. The van der Waals surface area contributed by atoms with Gasteiger partial charge in [-0.1, -0.05) is 18.2 Å². The van der Waals surface area contributed by atoms with Gasteiger partial charge in [0.1, 0.15) is 0 Å². The second kappa shape index (κ2) is 5.22. The Kier molecular flexibility index (Phi) is 3.85. The average Bonchev–Trinajstić information content (AvgIpc) is 2.33. The molecule has 0 aliphatic rings. The standard InChI is InChI=1S/C16H15IO/c1-10-8-12(3)14(9-11(10)2)16(18)13-6-4-5-7-15(13)17/h4-9H,1-3H3. The van der Waals surface area contributed by atoms with E-state index in [1.54, 1.807) is 0 Å². The summed E-state index contributed by atoms with van der Waals surface area (Å²) in [6.45, 7) is 6.11. The van der Waals surface area contributed by atoms with Gasteiger partial charge in [0.15, 0.2) is 5.78 Å². The topological polar surface area (TPSA) is 17.1 Å². The van der Waals surface area contributed by atoms with Crippen molar-refractivity contribution in [2.24, 2.45) is 0 Å². The van der Waals surface area contributed by atoms with Crippen molar-refractivity contribution in [1.82, 2.24) is 0 Å². The molecule has 0 fully saturated rings. The van der Waals surface area contributed by atoms with E-state index in [-0.39, 0.29) is 5.78 Å². The van der Waals surface area contributed by atoms with E-state index < -0.39 is 0 Å². The molecule has 0 spiro atoms. The van der Waals surface area contributed by atoms with Crippen molar-refractivity contribution in [2.45, 2.75) is 20.8 Å². The number of hydrogen-bond acceptors (Lipinski definition) is 1. The summed E-state index contributed by atoms with van der Waals surface area (Å²) in [7, 11) is 0. The fraction of sp³-hybridized carbons (Fsp3) is 0.188. The molecule has 0 unspecified atom stereocenters. The van der Waals surface area contributed by atoms with Gasteiger partial charge in [-0.3, -0.25) is 4.79 Å². The number of hydrogen-bond donors (Lipinski definition) is 0. The molecule has 0 saturated heterocycles. The summed E-state index contributed by atoms with van der Waals surface area (Å²) >= 11 is 2.21. The smallest absolute Gasteiger partial charge is 0.194 e. The molecule has 0 saturated carbocycles. The maximum atomic E-state index is 12.5. The summed E-state index contributed by atoms with van der Waals surface area (Å²) in [5.74, 6) is 0.112. The van der Waals surface area contributed by atoms with Crippen molar-refractivity contribution >= 4 is 28.4 Å². The molecule has 0 amide bonds. The average molecular weight is 350 g/mol. The summed E-state index contributed by atoms with van der Waals surface area (Å²) in [4.78, 5) is 12.5. The highest BCUT2D eigenvalue weighted by Gasteiger charge is 2.15. The fourth-order valence-corrected chi connectivity index (χ4v) is 2.63. The van der Waals surface area contributed by atoms with Crippen LogP contribution in [0.3, 0.4) is 0 Å². The number of carbonyl (C=O) groups excluding carboxylic acids is 1. The molecule has 0 aliphatic carbocycles. The van der Waals surface area contributed by atoms with Crippen molar-refractivity contribution in [2.75, 3.05) is 0 Å². The maximum absolute atomic E-state index is 12.5. The predicted molar refractivity (Wildman–Crippen MR) is 83.2 cm³/mol. The lowest BCUT2D eigenvalue weighted by Gasteiger charge is -2.10. The van der Waals surface area contributed by atoms with Crippen LogP contribution in [0.25, 0.3) is 0 Å². The minimum Gasteiger partial charge on any atom is -0.289 e. The number of aryl methyl sites for hydroxylation is 3. The van der Waals surface area contributed by atoms with E-state index in [0.717, 1.165) is 25.8 Å². The van der Waals surface area contributed by atoms with Crippen LogP contribution >= 0.6 is 22.6 Å². The molecular formula is C16H15IO. The maximum Gasteiger partial charge on any atom is 0.194 e. The van der Waals surface area contributed by atoms with Crippen molar-refractivity contribution in [3.63, 3.8) is 0 Å². The van der Waals surface area contributed by atoms with Crippen LogP contribution in [-0.2, 0) is 0 Å². The molecular weight excluding hydrogens is 335 g/mol. The Morgan fingerprint density at radius 1 is 0.889 bits per heavy atom. The van der Waals surface area contributed by atoms with Gasteiger partial charge in [0.25, 0.3) is 0 Å². The van der Waals surface area contributed by atoms with E-state index in [2.05, 4.69) is 35.6 Å². The predicted octanol–water partition coefficient (Wildman–Crippen LogP) is 4.45. The Hall–Kier alpha value is -1.16. The van der Waals surface area contributed by atoms with Crippen LogP contribution in [0.15, 0.2) is 36.4 Å². The highest BCUT2D eigenvalue weighted by atomic mass is 127. The van der Waals surface area contributed by atoms with Crippen molar-refractivity contribution in [1.29, 1.82) is 0 Å². The summed E-state index contributed by atoms with van der Waals surface area (Å²) in [5, 5.41) is 0. The molecule has 0 aromatic heterocycles. The SMILES string of the molecule is Cc1cc(C)c(C(=O)c2ccccc2I)cc1C. The second-order valence-corrected chi connectivity index (χ2v) is 5.72. The lowest BCUT2D eigenvalue weighted by Crippen LogP contribution is -2.06. The van der Waals surface area contributed by atoms with Crippen molar-refractivity contribution in [3.05, 3.63) is 67.8 Å². The molecule has 2 aromatic rings. The molecule has 0 aliphatic heterocycles. The summed E-state index contributed by atoms with van der Waals surface area (Å²) < 4.78 is 0.998. The first-order valence-corrected chi connectivity index (χ1v) is 6.95. The number of carbonyl (C=O) groups is 1. The third-order valence-electron chi connectivity index (χ3n) is 3.20. The molecule has 18 heavy (non-hydrogen) atoms. The first-order valence-electron chi connectivity index (χ1n) is 5.88. The van der Waals surface area contributed by atoms with E-state index in [0.29, 0.717) is 0 Å². The third kappa shape index (κ3) is 2.48. The van der Waals surface area contributed by atoms with Crippen LogP contribution in [0.2, 0.25) is 0 Å². The van der Waals surface area contributed by atoms with Crippen LogP contribution in [0.4, 0.5) is 0 Å². The highest BCUT2D eigenvalue weighted by Crippen LogP contribution is 2.21. The van der Waals surface area contributed by atoms with Gasteiger partial charge in [0.2, 0.25) is 0 Å². The first kappa shape index (κ1) is 13.3. The quantitative estimate of drug-likeness (QED) is 0.578. The monoisotopic (exact) mass is 350 g/mol. The van der Waals surface area contributed by atoms with Gasteiger partial charge in [-0.25, -0.2) is 0 Å². The van der Waals surface area contributed by atoms with Crippen LogP contribution < -0.4 is 0 Å². The van der Waals surface area contributed by atoms with Gasteiger partial charge < -0.3 is 0 Å². The molecule has 2 rings (SSSR count). The molecule has 0 N–H and O–H groups in total. The molecule has 0 bridgehead atoms. The van der Waals surface area contributed by atoms with Crippen molar-refractivity contribution in [3.8, 4) is 0 Å². The number of benzene rings is 2. The van der Waals surface area contributed by atoms with Gasteiger partial charge in [-0.15, -0.1) is 0 Å². The molecule has 0 heterocycles. The van der Waals surface area contributed by atoms with Crippen LogP contribution in [-0.4, -0.2) is 5.78 Å². The Labute approximate surface area is 121 Å². The van der Waals surface area contributed by atoms with E-state index in [1.165, 1.54) is 5.56 Å². The fourth-order valence-electron chi connectivity index (χ4n) is 2.00. The number of halogens is 1. The summed E-state index contributed by atoms with van der Waals surface area (Å²) in [6, 6.07) is 11.8. The van der Waals surface area contributed by atoms with E-state index >= 15 is 0 Å².